The van der Waals surface area contributed by atoms with Gasteiger partial charge in [0.15, 0.2) is 0 Å². The lowest BCUT2D eigenvalue weighted by Gasteiger charge is -2.28. The highest BCUT2D eigenvalue weighted by Gasteiger charge is 2.22. The van der Waals surface area contributed by atoms with E-state index >= 15 is 0 Å². The van der Waals surface area contributed by atoms with E-state index < -0.39 is 11.8 Å². The molecule has 0 saturated heterocycles. The first-order chi connectivity index (χ1) is 10.1. The molecule has 1 aliphatic rings. The predicted octanol–water partition coefficient (Wildman–Crippen LogP) is 2.37. The van der Waals surface area contributed by atoms with Gasteiger partial charge in [-0.1, -0.05) is 0 Å². The summed E-state index contributed by atoms with van der Waals surface area (Å²) in [4.78, 5) is 11.9. The van der Waals surface area contributed by atoms with Gasteiger partial charge in [-0.3, -0.25) is 0 Å². The maximum atomic E-state index is 13.0. The summed E-state index contributed by atoms with van der Waals surface area (Å²) in [6, 6.07) is 5.17. The molecule has 6 heteroatoms. The maximum Gasteiger partial charge on any atom is 0.319 e. The number of carbonyl (C=O) groups excluding carboxylic acids is 1. The van der Waals surface area contributed by atoms with Crippen LogP contribution >= 0.6 is 0 Å². The van der Waals surface area contributed by atoms with E-state index in [1.807, 2.05) is 6.07 Å². The van der Waals surface area contributed by atoms with E-state index in [0.29, 0.717) is 11.6 Å². The number of urea groups is 1. The molecule has 1 aromatic rings. The Morgan fingerprint density at radius 3 is 2.71 bits per heavy atom. The van der Waals surface area contributed by atoms with Crippen molar-refractivity contribution in [3.8, 4) is 6.07 Å². The SMILES string of the molecule is N#Cc1cc(F)ccc1NC(=O)NC1CCC(CO)CC1. The number of carbonyl (C=O) groups is 1. The van der Waals surface area contributed by atoms with Gasteiger partial charge in [0.1, 0.15) is 11.9 Å². The van der Waals surface area contributed by atoms with Crippen LogP contribution in [0.25, 0.3) is 0 Å². The second-order valence-electron chi connectivity index (χ2n) is 5.30. The molecule has 112 valence electrons. The number of amides is 2. The van der Waals surface area contributed by atoms with Crippen molar-refractivity contribution in [3.63, 3.8) is 0 Å². The van der Waals surface area contributed by atoms with Crippen LogP contribution in [0.5, 0.6) is 0 Å². The maximum absolute atomic E-state index is 13.0. The minimum atomic E-state index is -0.514. The van der Waals surface area contributed by atoms with Crippen molar-refractivity contribution >= 4 is 11.7 Å². The zero-order valence-electron chi connectivity index (χ0n) is 11.6. The monoisotopic (exact) mass is 291 g/mol. The topological polar surface area (TPSA) is 85.2 Å². The molecule has 1 saturated carbocycles. The Labute approximate surface area is 122 Å². The Morgan fingerprint density at radius 1 is 1.38 bits per heavy atom. The molecule has 1 fully saturated rings. The zero-order valence-corrected chi connectivity index (χ0v) is 11.6. The fourth-order valence-corrected chi connectivity index (χ4v) is 2.55. The molecule has 21 heavy (non-hydrogen) atoms. The quantitative estimate of drug-likeness (QED) is 0.799. The van der Waals surface area contributed by atoms with E-state index in [9.17, 15) is 9.18 Å². The molecule has 0 aliphatic heterocycles. The van der Waals surface area contributed by atoms with Crippen molar-refractivity contribution in [2.24, 2.45) is 5.92 Å². The molecular formula is C15H18FN3O2. The Balaban J connectivity index is 1.89. The standard InChI is InChI=1S/C15H18FN3O2/c16-12-3-6-14(11(7-12)8-17)19-15(21)18-13-4-1-10(9-20)2-5-13/h3,6-7,10,13,20H,1-2,4-5,9H2,(H2,18,19,21). The molecule has 0 aromatic heterocycles. The number of nitrogens with zero attached hydrogens (tertiary/aromatic N) is 1. The Bertz CT molecular complexity index is 548. The smallest absolute Gasteiger partial charge is 0.319 e. The molecule has 0 unspecified atom stereocenters. The number of rotatable bonds is 3. The number of hydrogen-bond donors (Lipinski definition) is 3. The van der Waals surface area contributed by atoms with Crippen LogP contribution in [0.1, 0.15) is 31.2 Å². The average Bonchev–Trinajstić information content (AvgIpc) is 2.49. The molecule has 1 aliphatic carbocycles. The molecule has 2 rings (SSSR count). The van der Waals surface area contributed by atoms with Crippen LogP contribution in [0.4, 0.5) is 14.9 Å². The summed E-state index contributed by atoms with van der Waals surface area (Å²) in [6.45, 7) is 0.194. The van der Waals surface area contributed by atoms with Crippen LogP contribution in [0.3, 0.4) is 0 Å². The van der Waals surface area contributed by atoms with Gasteiger partial charge in [0, 0.05) is 12.6 Å². The molecule has 0 radical (unpaired) electrons. The van der Waals surface area contributed by atoms with E-state index in [-0.39, 0.29) is 18.2 Å². The van der Waals surface area contributed by atoms with Crippen LogP contribution < -0.4 is 10.6 Å². The first-order valence-corrected chi connectivity index (χ1v) is 7.00. The largest absolute Gasteiger partial charge is 0.396 e. The van der Waals surface area contributed by atoms with Crippen molar-refractivity contribution in [2.75, 3.05) is 11.9 Å². The summed E-state index contributed by atoms with van der Waals surface area (Å²) < 4.78 is 13.0. The summed E-state index contributed by atoms with van der Waals surface area (Å²) in [5.74, 6) is -0.187. The van der Waals surface area contributed by atoms with E-state index in [2.05, 4.69) is 10.6 Å². The second-order valence-corrected chi connectivity index (χ2v) is 5.30. The molecule has 2 amide bonds. The van der Waals surface area contributed by atoms with Crippen LogP contribution in [0.2, 0.25) is 0 Å². The van der Waals surface area contributed by atoms with Crippen LogP contribution in [0.15, 0.2) is 18.2 Å². The summed E-state index contributed by atoms with van der Waals surface area (Å²) >= 11 is 0. The van der Waals surface area contributed by atoms with Gasteiger partial charge in [-0.05, 0) is 49.8 Å². The van der Waals surface area contributed by atoms with Gasteiger partial charge >= 0.3 is 6.03 Å². The summed E-state index contributed by atoms with van der Waals surface area (Å²) in [6.07, 6.45) is 3.43. The highest BCUT2D eigenvalue weighted by atomic mass is 19.1. The first kappa shape index (κ1) is 15.3. The molecule has 0 spiro atoms. The number of halogens is 1. The van der Waals surface area contributed by atoms with Crippen LogP contribution in [-0.4, -0.2) is 23.8 Å². The van der Waals surface area contributed by atoms with Gasteiger partial charge < -0.3 is 15.7 Å². The van der Waals surface area contributed by atoms with Gasteiger partial charge in [0.2, 0.25) is 0 Å². The number of hydrogen-bond acceptors (Lipinski definition) is 3. The molecule has 0 heterocycles. The number of anilines is 1. The van der Waals surface area contributed by atoms with Crippen molar-refractivity contribution in [3.05, 3.63) is 29.6 Å². The Morgan fingerprint density at radius 2 is 2.10 bits per heavy atom. The molecular weight excluding hydrogens is 273 g/mol. The zero-order chi connectivity index (χ0) is 15.2. The van der Waals surface area contributed by atoms with Crippen molar-refractivity contribution in [2.45, 2.75) is 31.7 Å². The number of aliphatic hydroxyl groups is 1. The molecule has 0 bridgehead atoms. The van der Waals surface area contributed by atoms with Gasteiger partial charge in [0.25, 0.3) is 0 Å². The van der Waals surface area contributed by atoms with E-state index in [4.69, 9.17) is 10.4 Å². The van der Waals surface area contributed by atoms with Crippen molar-refractivity contribution in [1.82, 2.24) is 5.32 Å². The number of aliphatic hydroxyl groups excluding tert-OH is 1. The van der Waals surface area contributed by atoms with Gasteiger partial charge in [-0.25, -0.2) is 9.18 Å². The van der Waals surface area contributed by atoms with E-state index in [1.54, 1.807) is 0 Å². The van der Waals surface area contributed by atoms with E-state index in [1.165, 1.54) is 12.1 Å². The summed E-state index contributed by atoms with van der Waals surface area (Å²) in [5.41, 5.74) is 0.384. The number of nitrogens with one attached hydrogen (secondary N) is 2. The number of benzene rings is 1. The third kappa shape index (κ3) is 4.17. The fraction of sp³-hybridized carbons (Fsp3) is 0.467. The van der Waals surface area contributed by atoms with Gasteiger partial charge in [-0.2, -0.15) is 5.26 Å². The fourth-order valence-electron chi connectivity index (χ4n) is 2.55. The highest BCUT2D eigenvalue weighted by Crippen LogP contribution is 2.24. The van der Waals surface area contributed by atoms with Crippen LogP contribution in [0, 0.1) is 23.1 Å². The second kappa shape index (κ2) is 7.04. The highest BCUT2D eigenvalue weighted by molar-refractivity contribution is 5.90. The molecule has 5 nitrogen and oxygen atoms in total. The molecule has 0 atom stereocenters. The van der Waals surface area contributed by atoms with Crippen molar-refractivity contribution in [1.29, 1.82) is 5.26 Å². The van der Waals surface area contributed by atoms with Gasteiger partial charge in [0.05, 0.1) is 11.3 Å². The third-order valence-corrected chi connectivity index (χ3v) is 3.79. The first-order valence-electron chi connectivity index (χ1n) is 7.00. The van der Waals surface area contributed by atoms with Crippen LogP contribution in [-0.2, 0) is 0 Å². The lowest BCUT2D eigenvalue weighted by molar-refractivity contribution is 0.176. The third-order valence-electron chi connectivity index (χ3n) is 3.79. The van der Waals surface area contributed by atoms with E-state index in [0.717, 1.165) is 31.7 Å². The van der Waals surface area contributed by atoms with Crippen molar-refractivity contribution < 1.29 is 14.3 Å². The molecule has 1 aromatic carbocycles. The molecule has 3 N–H and O–H groups in total. The number of nitriles is 1. The summed E-state index contributed by atoms with van der Waals surface area (Å²) in [7, 11) is 0. The lowest BCUT2D eigenvalue weighted by Crippen LogP contribution is -2.40. The normalized spacial score (nSPS) is 21.4. The van der Waals surface area contributed by atoms with Gasteiger partial charge in [-0.15, -0.1) is 0 Å². The minimum absolute atomic E-state index is 0.0683. The summed E-state index contributed by atoms with van der Waals surface area (Å²) in [5, 5.41) is 23.4. The minimum Gasteiger partial charge on any atom is -0.396 e. The Kier molecular flexibility index (Phi) is 5.12. The Hall–Kier alpha value is -2.13. The average molecular weight is 291 g/mol. The predicted molar refractivity (Wildman–Crippen MR) is 76.1 cm³/mol. The lowest BCUT2D eigenvalue weighted by atomic mass is 9.87.